The van der Waals surface area contributed by atoms with Gasteiger partial charge in [0.05, 0.1) is 20.5 Å². The van der Waals surface area contributed by atoms with Crippen molar-refractivity contribution in [3.05, 3.63) is 67.4 Å². The van der Waals surface area contributed by atoms with Gasteiger partial charge in [-0.1, -0.05) is 23.7 Å². The van der Waals surface area contributed by atoms with Crippen LogP contribution < -0.4 is 4.74 Å². The Kier molecular flexibility index (Phi) is 4.57. The van der Waals surface area contributed by atoms with Crippen LogP contribution in [0, 0.1) is 15.9 Å². The SMILES string of the molecule is O=[N+]([O-])c1ccc(Br)c(OCc2cccc(Cl)c2F)c1. The third-order valence-corrected chi connectivity index (χ3v) is 3.49. The first-order chi connectivity index (χ1) is 9.49. The maximum atomic E-state index is 13.7. The lowest BCUT2D eigenvalue weighted by atomic mass is 10.2. The van der Waals surface area contributed by atoms with Gasteiger partial charge in [0.25, 0.3) is 5.69 Å². The van der Waals surface area contributed by atoms with Crippen molar-refractivity contribution < 1.29 is 14.1 Å². The molecule has 0 unspecified atom stereocenters. The lowest BCUT2D eigenvalue weighted by Crippen LogP contribution is -2.00. The summed E-state index contributed by atoms with van der Waals surface area (Å²) in [6.07, 6.45) is 0. The van der Waals surface area contributed by atoms with Crippen molar-refractivity contribution in [3.8, 4) is 5.75 Å². The maximum absolute atomic E-state index is 13.7. The Bertz CT molecular complexity index is 666. The minimum Gasteiger partial charge on any atom is -0.487 e. The Balaban J connectivity index is 2.20. The molecule has 104 valence electrons. The van der Waals surface area contributed by atoms with Gasteiger partial charge in [0.2, 0.25) is 0 Å². The molecule has 0 aliphatic heterocycles. The van der Waals surface area contributed by atoms with E-state index in [4.69, 9.17) is 16.3 Å². The molecule has 0 spiro atoms. The molecule has 0 N–H and O–H groups in total. The van der Waals surface area contributed by atoms with Crippen LogP contribution in [0.15, 0.2) is 40.9 Å². The molecule has 2 aromatic rings. The molecule has 0 saturated carbocycles. The Morgan fingerprint density at radius 3 is 2.80 bits per heavy atom. The van der Waals surface area contributed by atoms with Crippen LogP contribution in [0.25, 0.3) is 0 Å². The average molecular weight is 361 g/mol. The molecule has 0 saturated heterocycles. The minimum absolute atomic E-state index is 0.00390. The molecular weight excluding hydrogens is 353 g/mol. The number of halogens is 3. The Labute approximate surface area is 127 Å². The van der Waals surface area contributed by atoms with Gasteiger partial charge in [0, 0.05) is 11.6 Å². The summed E-state index contributed by atoms with van der Waals surface area (Å²) in [7, 11) is 0. The molecule has 0 atom stereocenters. The van der Waals surface area contributed by atoms with Crippen molar-refractivity contribution in [3.63, 3.8) is 0 Å². The highest BCUT2D eigenvalue weighted by atomic mass is 79.9. The minimum atomic E-state index is -0.560. The smallest absolute Gasteiger partial charge is 0.273 e. The lowest BCUT2D eigenvalue weighted by Gasteiger charge is -2.09. The summed E-state index contributed by atoms with van der Waals surface area (Å²) in [6, 6.07) is 8.69. The molecule has 7 heteroatoms. The van der Waals surface area contributed by atoms with E-state index in [2.05, 4.69) is 15.9 Å². The first-order valence-electron chi connectivity index (χ1n) is 5.48. The summed E-state index contributed by atoms with van der Waals surface area (Å²) in [5, 5.41) is 10.7. The van der Waals surface area contributed by atoms with Crippen molar-refractivity contribution in [2.45, 2.75) is 6.61 Å². The molecule has 0 bridgehead atoms. The molecule has 0 aromatic heterocycles. The van der Waals surface area contributed by atoms with Crippen LogP contribution in [0.1, 0.15) is 5.56 Å². The van der Waals surface area contributed by atoms with Gasteiger partial charge in [0.1, 0.15) is 18.2 Å². The molecule has 0 aliphatic carbocycles. The van der Waals surface area contributed by atoms with Crippen LogP contribution >= 0.6 is 27.5 Å². The molecule has 2 rings (SSSR count). The van der Waals surface area contributed by atoms with Gasteiger partial charge < -0.3 is 4.74 Å². The van der Waals surface area contributed by atoms with Crippen LogP contribution in [0.4, 0.5) is 10.1 Å². The van der Waals surface area contributed by atoms with Gasteiger partial charge >= 0.3 is 0 Å². The fraction of sp³-hybridized carbons (Fsp3) is 0.0769. The summed E-state index contributed by atoms with van der Waals surface area (Å²) in [4.78, 5) is 10.2. The molecule has 0 fully saturated rings. The van der Waals surface area contributed by atoms with Crippen molar-refractivity contribution in [1.82, 2.24) is 0 Å². The second-order valence-electron chi connectivity index (χ2n) is 3.87. The van der Waals surface area contributed by atoms with E-state index >= 15 is 0 Å². The van der Waals surface area contributed by atoms with Gasteiger partial charge in [-0.05, 0) is 28.1 Å². The predicted octanol–water partition coefficient (Wildman–Crippen LogP) is 4.73. The largest absolute Gasteiger partial charge is 0.487 e. The Hall–Kier alpha value is -1.66. The quantitative estimate of drug-likeness (QED) is 0.585. The highest BCUT2D eigenvalue weighted by Gasteiger charge is 2.12. The van der Waals surface area contributed by atoms with Gasteiger partial charge in [-0.2, -0.15) is 0 Å². The molecular formula is C13H8BrClFNO3. The number of rotatable bonds is 4. The number of nitrogens with zero attached hydrogens (tertiary/aromatic N) is 1. The zero-order valence-corrected chi connectivity index (χ0v) is 12.3. The number of nitro benzene ring substituents is 1. The third kappa shape index (κ3) is 3.26. The molecule has 0 amide bonds. The van der Waals surface area contributed by atoms with E-state index in [-0.39, 0.29) is 28.6 Å². The van der Waals surface area contributed by atoms with E-state index in [9.17, 15) is 14.5 Å². The fourth-order valence-electron chi connectivity index (χ4n) is 1.53. The first kappa shape index (κ1) is 14.7. The normalized spacial score (nSPS) is 10.3. The zero-order valence-electron chi connectivity index (χ0n) is 9.98. The van der Waals surface area contributed by atoms with Crippen molar-refractivity contribution >= 4 is 33.2 Å². The number of nitro groups is 1. The van der Waals surface area contributed by atoms with E-state index in [0.717, 1.165) is 0 Å². The second-order valence-corrected chi connectivity index (χ2v) is 5.13. The van der Waals surface area contributed by atoms with E-state index in [0.29, 0.717) is 4.47 Å². The van der Waals surface area contributed by atoms with E-state index in [1.165, 1.54) is 30.3 Å². The van der Waals surface area contributed by atoms with Crippen LogP contribution in [0.2, 0.25) is 5.02 Å². The summed E-state index contributed by atoms with van der Waals surface area (Å²) in [5.74, 6) is -0.297. The lowest BCUT2D eigenvalue weighted by molar-refractivity contribution is -0.385. The monoisotopic (exact) mass is 359 g/mol. The summed E-state index contributed by atoms with van der Waals surface area (Å²) in [5.41, 5.74) is 0.172. The number of ether oxygens (including phenoxy) is 1. The Morgan fingerprint density at radius 2 is 2.10 bits per heavy atom. The topological polar surface area (TPSA) is 52.4 Å². The van der Waals surface area contributed by atoms with Crippen LogP contribution in [0.3, 0.4) is 0 Å². The number of hydrogen-bond donors (Lipinski definition) is 0. The van der Waals surface area contributed by atoms with Crippen LogP contribution in [-0.4, -0.2) is 4.92 Å². The number of hydrogen-bond acceptors (Lipinski definition) is 3. The summed E-state index contributed by atoms with van der Waals surface area (Å²) < 4.78 is 19.6. The molecule has 2 aromatic carbocycles. The summed E-state index contributed by atoms with van der Waals surface area (Å²) in [6.45, 7) is -0.0772. The molecule has 0 radical (unpaired) electrons. The van der Waals surface area contributed by atoms with Crippen molar-refractivity contribution in [1.29, 1.82) is 0 Å². The molecule has 0 heterocycles. The van der Waals surface area contributed by atoms with E-state index < -0.39 is 10.7 Å². The second kappa shape index (κ2) is 6.19. The number of non-ortho nitro benzene ring substituents is 1. The third-order valence-electron chi connectivity index (χ3n) is 2.54. The first-order valence-corrected chi connectivity index (χ1v) is 6.66. The maximum Gasteiger partial charge on any atom is 0.273 e. The van der Waals surface area contributed by atoms with Crippen LogP contribution in [-0.2, 0) is 6.61 Å². The van der Waals surface area contributed by atoms with Crippen molar-refractivity contribution in [2.75, 3.05) is 0 Å². The number of benzene rings is 2. The van der Waals surface area contributed by atoms with Gasteiger partial charge in [0.15, 0.2) is 0 Å². The van der Waals surface area contributed by atoms with Crippen molar-refractivity contribution in [2.24, 2.45) is 0 Å². The average Bonchev–Trinajstić information content (AvgIpc) is 2.41. The zero-order chi connectivity index (χ0) is 14.7. The van der Waals surface area contributed by atoms with E-state index in [1.807, 2.05) is 0 Å². The highest BCUT2D eigenvalue weighted by Crippen LogP contribution is 2.30. The highest BCUT2D eigenvalue weighted by molar-refractivity contribution is 9.10. The van der Waals surface area contributed by atoms with E-state index in [1.54, 1.807) is 6.07 Å². The van der Waals surface area contributed by atoms with Gasteiger partial charge in [-0.15, -0.1) is 0 Å². The predicted molar refractivity (Wildman–Crippen MR) is 76.5 cm³/mol. The molecule has 4 nitrogen and oxygen atoms in total. The van der Waals surface area contributed by atoms with Gasteiger partial charge in [-0.3, -0.25) is 10.1 Å². The summed E-state index contributed by atoms with van der Waals surface area (Å²) >= 11 is 8.88. The molecule has 20 heavy (non-hydrogen) atoms. The van der Waals surface area contributed by atoms with Crippen LogP contribution in [0.5, 0.6) is 5.75 Å². The standard InChI is InChI=1S/C13H8BrClFNO3/c14-10-5-4-9(17(18)19)6-12(10)20-7-8-2-1-3-11(15)13(8)16/h1-6H,7H2. The molecule has 0 aliphatic rings. The fourth-order valence-corrected chi connectivity index (χ4v) is 2.09. The van der Waals surface area contributed by atoms with Gasteiger partial charge in [-0.25, -0.2) is 4.39 Å². The Morgan fingerprint density at radius 1 is 1.35 bits per heavy atom.